The van der Waals surface area contributed by atoms with E-state index < -0.39 is 0 Å². The Bertz CT molecular complexity index is 159. The number of nitrogens with one attached hydrogen (secondary N) is 1. The van der Waals surface area contributed by atoms with Crippen LogP contribution >= 0.6 is 0 Å². The van der Waals surface area contributed by atoms with E-state index in [1.165, 1.54) is 38.6 Å². The summed E-state index contributed by atoms with van der Waals surface area (Å²) in [5.74, 6) is 0. The van der Waals surface area contributed by atoms with E-state index in [1.807, 2.05) is 0 Å². The van der Waals surface area contributed by atoms with Gasteiger partial charge >= 0.3 is 0 Å². The van der Waals surface area contributed by atoms with E-state index in [4.69, 9.17) is 4.74 Å². The summed E-state index contributed by atoms with van der Waals surface area (Å²) in [5, 5.41) is 3.70. The van der Waals surface area contributed by atoms with E-state index in [0.717, 1.165) is 19.3 Å². The lowest BCUT2D eigenvalue weighted by atomic mass is 10.0. The van der Waals surface area contributed by atoms with Crippen molar-refractivity contribution in [1.29, 1.82) is 0 Å². The molecule has 1 saturated heterocycles. The Kier molecular flexibility index (Phi) is 2.89. The van der Waals surface area contributed by atoms with E-state index in [1.54, 1.807) is 0 Å². The zero-order valence-electron chi connectivity index (χ0n) is 8.64. The molecule has 1 saturated carbocycles. The molecule has 0 unspecified atom stereocenters. The van der Waals surface area contributed by atoms with Gasteiger partial charge in [0.2, 0.25) is 0 Å². The molecule has 0 amide bonds. The first-order valence-corrected chi connectivity index (χ1v) is 5.66. The molecule has 2 nitrogen and oxygen atoms in total. The third-order valence-corrected chi connectivity index (χ3v) is 3.69. The third-order valence-electron chi connectivity index (χ3n) is 3.69. The van der Waals surface area contributed by atoms with Crippen molar-refractivity contribution in [3.63, 3.8) is 0 Å². The molecule has 0 spiro atoms. The minimum atomic E-state index is 0.693. The van der Waals surface area contributed by atoms with Crippen molar-refractivity contribution in [2.24, 2.45) is 5.41 Å². The van der Waals surface area contributed by atoms with Crippen molar-refractivity contribution < 1.29 is 4.74 Å². The molecule has 13 heavy (non-hydrogen) atoms. The van der Waals surface area contributed by atoms with Crippen LogP contribution in [0, 0.1) is 5.41 Å². The van der Waals surface area contributed by atoms with Gasteiger partial charge in [-0.1, -0.05) is 6.92 Å². The lowest BCUT2D eigenvalue weighted by Gasteiger charge is -2.25. The fourth-order valence-corrected chi connectivity index (χ4v) is 2.09. The van der Waals surface area contributed by atoms with E-state index >= 15 is 0 Å². The van der Waals surface area contributed by atoms with Crippen molar-refractivity contribution in [2.45, 2.75) is 45.1 Å². The Balaban J connectivity index is 1.66. The predicted molar refractivity (Wildman–Crippen MR) is 53.8 cm³/mol. The van der Waals surface area contributed by atoms with Gasteiger partial charge in [-0.2, -0.15) is 0 Å². The van der Waals surface area contributed by atoms with Gasteiger partial charge in [0.1, 0.15) is 0 Å². The highest BCUT2D eigenvalue weighted by Gasteiger charge is 2.40. The quantitative estimate of drug-likeness (QED) is 0.719. The van der Waals surface area contributed by atoms with Crippen molar-refractivity contribution >= 4 is 0 Å². The molecule has 2 rings (SSSR count). The molecule has 1 aliphatic heterocycles. The maximum absolute atomic E-state index is 5.33. The maximum atomic E-state index is 5.33. The normalized spacial score (nSPS) is 27.5. The van der Waals surface area contributed by atoms with Gasteiger partial charge in [-0.15, -0.1) is 0 Å². The van der Waals surface area contributed by atoms with Crippen LogP contribution in [-0.4, -0.2) is 25.8 Å². The highest BCUT2D eigenvalue weighted by atomic mass is 16.5. The summed E-state index contributed by atoms with van der Waals surface area (Å²) in [6.07, 6.45) is 6.66. The predicted octanol–water partition coefficient (Wildman–Crippen LogP) is 1.95. The van der Waals surface area contributed by atoms with E-state index in [9.17, 15) is 0 Å². The maximum Gasteiger partial charge on any atom is 0.0480 e. The summed E-state index contributed by atoms with van der Waals surface area (Å²) in [4.78, 5) is 0. The molecular formula is C11H21NO. The van der Waals surface area contributed by atoms with E-state index in [-0.39, 0.29) is 0 Å². The SMILES string of the molecule is CCC1(CNC2CCOCC2)CC1. The molecule has 0 aromatic carbocycles. The molecule has 0 radical (unpaired) electrons. The molecule has 2 heteroatoms. The number of rotatable bonds is 4. The van der Waals surface area contributed by atoms with Crippen LogP contribution in [0.25, 0.3) is 0 Å². The Morgan fingerprint density at radius 3 is 2.54 bits per heavy atom. The van der Waals surface area contributed by atoms with Crippen molar-refractivity contribution in [3.8, 4) is 0 Å². The average Bonchev–Trinajstić information content (AvgIpc) is 2.97. The first-order chi connectivity index (χ1) is 6.35. The van der Waals surface area contributed by atoms with Gasteiger partial charge in [0.05, 0.1) is 0 Å². The second-order valence-electron chi connectivity index (χ2n) is 4.62. The summed E-state index contributed by atoms with van der Waals surface area (Å²) in [6.45, 7) is 5.47. The number of hydrogen-bond acceptors (Lipinski definition) is 2. The van der Waals surface area contributed by atoms with Gasteiger partial charge < -0.3 is 10.1 Å². The Morgan fingerprint density at radius 1 is 1.31 bits per heavy atom. The molecule has 0 aromatic rings. The van der Waals surface area contributed by atoms with Crippen LogP contribution < -0.4 is 5.32 Å². The monoisotopic (exact) mass is 183 g/mol. The Morgan fingerprint density at radius 2 is 2.00 bits per heavy atom. The van der Waals surface area contributed by atoms with Gasteiger partial charge in [-0.05, 0) is 37.5 Å². The van der Waals surface area contributed by atoms with Crippen LogP contribution in [0.3, 0.4) is 0 Å². The second kappa shape index (κ2) is 3.97. The third kappa shape index (κ3) is 2.44. The van der Waals surface area contributed by atoms with E-state index in [2.05, 4.69) is 12.2 Å². The molecule has 1 heterocycles. The highest BCUT2D eigenvalue weighted by molar-refractivity contribution is 4.94. The van der Waals surface area contributed by atoms with Gasteiger partial charge in [0, 0.05) is 25.8 Å². The van der Waals surface area contributed by atoms with Gasteiger partial charge in [0.25, 0.3) is 0 Å². The first-order valence-electron chi connectivity index (χ1n) is 5.66. The fourth-order valence-electron chi connectivity index (χ4n) is 2.09. The summed E-state index contributed by atoms with van der Waals surface area (Å²) in [6, 6.07) is 0.734. The average molecular weight is 183 g/mol. The fraction of sp³-hybridized carbons (Fsp3) is 1.00. The largest absolute Gasteiger partial charge is 0.381 e. The van der Waals surface area contributed by atoms with Gasteiger partial charge in [-0.3, -0.25) is 0 Å². The molecule has 76 valence electrons. The first kappa shape index (κ1) is 9.47. The number of hydrogen-bond donors (Lipinski definition) is 1. The molecule has 2 aliphatic rings. The molecule has 1 aliphatic carbocycles. The standard InChI is InChI=1S/C11H21NO/c1-2-11(5-6-11)9-12-10-3-7-13-8-4-10/h10,12H,2-9H2,1H3. The Hall–Kier alpha value is -0.0800. The summed E-state index contributed by atoms with van der Waals surface area (Å²) in [5.41, 5.74) is 0.693. The van der Waals surface area contributed by atoms with Crippen molar-refractivity contribution in [1.82, 2.24) is 5.32 Å². The Labute approximate surface area is 81.0 Å². The van der Waals surface area contributed by atoms with Crippen LogP contribution in [-0.2, 0) is 4.74 Å². The van der Waals surface area contributed by atoms with E-state index in [0.29, 0.717) is 5.41 Å². The molecule has 0 aromatic heterocycles. The zero-order valence-corrected chi connectivity index (χ0v) is 8.64. The second-order valence-corrected chi connectivity index (χ2v) is 4.62. The lowest BCUT2D eigenvalue weighted by Crippen LogP contribution is -2.38. The highest BCUT2D eigenvalue weighted by Crippen LogP contribution is 2.47. The van der Waals surface area contributed by atoms with Crippen LogP contribution in [0.4, 0.5) is 0 Å². The van der Waals surface area contributed by atoms with Crippen LogP contribution in [0.5, 0.6) is 0 Å². The van der Waals surface area contributed by atoms with Crippen LogP contribution in [0.1, 0.15) is 39.0 Å². The molecule has 0 bridgehead atoms. The van der Waals surface area contributed by atoms with Crippen LogP contribution in [0.2, 0.25) is 0 Å². The summed E-state index contributed by atoms with van der Waals surface area (Å²) < 4.78 is 5.33. The smallest absolute Gasteiger partial charge is 0.0480 e. The van der Waals surface area contributed by atoms with Gasteiger partial charge in [0.15, 0.2) is 0 Å². The summed E-state index contributed by atoms with van der Waals surface area (Å²) in [7, 11) is 0. The molecule has 0 atom stereocenters. The zero-order chi connectivity index (χ0) is 9.15. The van der Waals surface area contributed by atoms with Gasteiger partial charge in [-0.25, -0.2) is 0 Å². The lowest BCUT2D eigenvalue weighted by molar-refractivity contribution is 0.0764. The molecule has 1 N–H and O–H groups in total. The minimum Gasteiger partial charge on any atom is -0.381 e. The topological polar surface area (TPSA) is 21.3 Å². The van der Waals surface area contributed by atoms with Crippen LogP contribution in [0.15, 0.2) is 0 Å². The van der Waals surface area contributed by atoms with Crippen molar-refractivity contribution in [2.75, 3.05) is 19.8 Å². The van der Waals surface area contributed by atoms with Crippen molar-refractivity contribution in [3.05, 3.63) is 0 Å². The summed E-state index contributed by atoms with van der Waals surface area (Å²) >= 11 is 0. The number of ether oxygens (including phenoxy) is 1. The molecule has 2 fully saturated rings. The minimum absolute atomic E-state index is 0.693. The molecular weight excluding hydrogens is 162 g/mol.